The van der Waals surface area contributed by atoms with Gasteiger partial charge in [0.15, 0.2) is 11.5 Å². The van der Waals surface area contributed by atoms with Gasteiger partial charge in [-0.3, -0.25) is 4.79 Å². The molecule has 0 amide bonds. The molecule has 3 atom stereocenters. The number of anilines is 1. The van der Waals surface area contributed by atoms with E-state index in [-0.39, 0.29) is 5.92 Å². The maximum absolute atomic E-state index is 11.4. The van der Waals surface area contributed by atoms with Gasteiger partial charge in [-0.1, -0.05) is 30.3 Å². The number of oxazole rings is 1. The van der Waals surface area contributed by atoms with Crippen LogP contribution in [0.3, 0.4) is 0 Å². The Kier molecular flexibility index (Phi) is 4.90. The summed E-state index contributed by atoms with van der Waals surface area (Å²) in [5.74, 6) is -1.09. The Bertz CT molecular complexity index is 1240. The average Bonchev–Trinajstić information content (AvgIpc) is 3.23. The molecule has 3 aromatic rings. The monoisotopic (exact) mass is 430 g/mol. The Morgan fingerprint density at radius 2 is 2.06 bits per heavy atom. The summed E-state index contributed by atoms with van der Waals surface area (Å²) in [4.78, 5) is 20.7. The molecule has 0 bridgehead atoms. The van der Waals surface area contributed by atoms with Crippen LogP contribution in [0.5, 0.6) is 0 Å². The highest BCUT2D eigenvalue weighted by molar-refractivity contribution is 6.02. The van der Waals surface area contributed by atoms with Crippen LogP contribution in [-0.2, 0) is 4.79 Å². The number of nitrogens with zero attached hydrogens (tertiary/aromatic N) is 4. The molecular formula is C25H26N4O3. The minimum Gasteiger partial charge on any atom is -0.481 e. The molecule has 1 aromatic heterocycles. The van der Waals surface area contributed by atoms with E-state index in [4.69, 9.17) is 4.42 Å². The minimum atomic E-state index is -0.826. The van der Waals surface area contributed by atoms with Crippen molar-refractivity contribution in [3.8, 4) is 17.2 Å². The quantitative estimate of drug-likeness (QED) is 0.654. The van der Waals surface area contributed by atoms with Crippen LogP contribution in [0.2, 0.25) is 0 Å². The molecule has 2 aliphatic rings. The third-order valence-electron chi connectivity index (χ3n) is 6.89. The lowest BCUT2D eigenvalue weighted by Crippen LogP contribution is -2.31. The first kappa shape index (κ1) is 20.5. The minimum absolute atomic E-state index is 0.229. The predicted molar refractivity (Wildman–Crippen MR) is 122 cm³/mol. The van der Waals surface area contributed by atoms with Gasteiger partial charge >= 0.3 is 5.97 Å². The zero-order valence-corrected chi connectivity index (χ0v) is 18.5. The predicted octanol–water partition coefficient (Wildman–Crippen LogP) is 4.00. The first-order valence-electron chi connectivity index (χ1n) is 11.0. The molecule has 1 saturated heterocycles. The highest BCUT2D eigenvalue weighted by Crippen LogP contribution is 2.50. The largest absolute Gasteiger partial charge is 0.481 e. The van der Waals surface area contributed by atoms with Crippen molar-refractivity contribution in [2.24, 2.45) is 5.92 Å². The first-order valence-corrected chi connectivity index (χ1v) is 11.0. The second-order valence-electron chi connectivity index (χ2n) is 9.07. The van der Waals surface area contributed by atoms with Crippen LogP contribution < -0.4 is 4.90 Å². The SMILES string of the molecule is Cc1c(-c2ccccc2)c(N2CC[C@H](N(C)C)C2)c2oc([C@@H]3C[C@H]3C(=O)O)nc2c1C#N. The summed E-state index contributed by atoms with van der Waals surface area (Å²) in [5.41, 5.74) is 5.48. The molecular weight excluding hydrogens is 404 g/mol. The number of rotatable bonds is 5. The number of benzene rings is 2. The van der Waals surface area contributed by atoms with Crippen molar-refractivity contribution in [3.05, 3.63) is 47.3 Å². The molecule has 2 heterocycles. The van der Waals surface area contributed by atoms with E-state index in [0.29, 0.717) is 35.0 Å². The van der Waals surface area contributed by atoms with Crippen LogP contribution in [0.4, 0.5) is 5.69 Å². The van der Waals surface area contributed by atoms with Crippen LogP contribution in [0.15, 0.2) is 34.7 Å². The number of hydrogen-bond acceptors (Lipinski definition) is 6. The van der Waals surface area contributed by atoms with E-state index >= 15 is 0 Å². The molecule has 2 aromatic carbocycles. The molecule has 1 N–H and O–H groups in total. The van der Waals surface area contributed by atoms with Gasteiger partial charge in [0.2, 0.25) is 0 Å². The number of likely N-dealkylation sites (N-methyl/N-ethyl adjacent to an activating group) is 1. The first-order chi connectivity index (χ1) is 15.4. The fourth-order valence-electron chi connectivity index (χ4n) is 4.92. The summed E-state index contributed by atoms with van der Waals surface area (Å²) in [5, 5.41) is 19.4. The van der Waals surface area contributed by atoms with E-state index in [2.05, 4.69) is 47.1 Å². The summed E-state index contributed by atoms with van der Waals surface area (Å²) in [6.07, 6.45) is 1.56. The van der Waals surface area contributed by atoms with Crippen molar-refractivity contribution in [1.29, 1.82) is 5.26 Å². The van der Waals surface area contributed by atoms with E-state index < -0.39 is 11.9 Å². The molecule has 5 rings (SSSR count). The molecule has 7 heteroatoms. The third kappa shape index (κ3) is 3.23. The molecule has 1 aliphatic carbocycles. The number of hydrogen-bond donors (Lipinski definition) is 1. The average molecular weight is 431 g/mol. The lowest BCUT2D eigenvalue weighted by atomic mass is 9.93. The Morgan fingerprint density at radius 1 is 1.31 bits per heavy atom. The number of aliphatic carboxylic acids is 1. The molecule has 32 heavy (non-hydrogen) atoms. The smallest absolute Gasteiger partial charge is 0.307 e. The fraction of sp³-hybridized carbons (Fsp3) is 0.400. The van der Waals surface area contributed by atoms with Crippen LogP contribution in [-0.4, -0.2) is 54.2 Å². The second-order valence-corrected chi connectivity index (χ2v) is 9.07. The van der Waals surface area contributed by atoms with Crippen LogP contribution in [0, 0.1) is 24.2 Å². The van der Waals surface area contributed by atoms with Gasteiger partial charge in [0.1, 0.15) is 11.6 Å². The van der Waals surface area contributed by atoms with Gasteiger partial charge in [-0.25, -0.2) is 4.98 Å². The van der Waals surface area contributed by atoms with E-state index in [0.717, 1.165) is 41.9 Å². The van der Waals surface area contributed by atoms with Crippen LogP contribution >= 0.6 is 0 Å². The van der Waals surface area contributed by atoms with Gasteiger partial charge in [-0.2, -0.15) is 5.26 Å². The number of nitriles is 1. The van der Waals surface area contributed by atoms with Crippen molar-refractivity contribution in [3.63, 3.8) is 0 Å². The highest BCUT2D eigenvalue weighted by atomic mass is 16.4. The number of carboxylic acids is 1. The van der Waals surface area contributed by atoms with Gasteiger partial charge in [0.05, 0.1) is 17.2 Å². The Morgan fingerprint density at radius 3 is 2.66 bits per heavy atom. The summed E-state index contributed by atoms with van der Waals surface area (Å²) in [6, 6.07) is 12.8. The standard InChI is InChI=1S/C25H26N4O3/c1-14-19(12-26)21-23(32-24(27-21)17-11-18(17)25(30)31)22(20(14)15-7-5-4-6-8-15)29-10-9-16(13-29)28(2)3/h4-8,16-18H,9-11,13H2,1-3H3,(H,30,31)/t16-,17+,18+/m0/s1. The van der Waals surface area contributed by atoms with E-state index in [1.165, 1.54) is 0 Å². The fourth-order valence-corrected chi connectivity index (χ4v) is 4.92. The zero-order chi connectivity index (χ0) is 22.6. The van der Waals surface area contributed by atoms with E-state index in [1.54, 1.807) is 0 Å². The van der Waals surface area contributed by atoms with Gasteiger partial charge in [0.25, 0.3) is 0 Å². The molecule has 1 aliphatic heterocycles. The lowest BCUT2D eigenvalue weighted by Gasteiger charge is -2.25. The van der Waals surface area contributed by atoms with Crippen molar-refractivity contribution in [2.45, 2.75) is 31.7 Å². The molecule has 2 fully saturated rings. The zero-order valence-electron chi connectivity index (χ0n) is 18.5. The maximum atomic E-state index is 11.4. The molecule has 0 spiro atoms. The van der Waals surface area contributed by atoms with Crippen molar-refractivity contribution in [2.75, 3.05) is 32.1 Å². The van der Waals surface area contributed by atoms with E-state index in [1.807, 2.05) is 25.1 Å². The second kappa shape index (κ2) is 7.64. The molecule has 7 nitrogen and oxygen atoms in total. The maximum Gasteiger partial charge on any atom is 0.307 e. The summed E-state index contributed by atoms with van der Waals surface area (Å²) in [6.45, 7) is 3.69. The summed E-state index contributed by atoms with van der Waals surface area (Å²) in [7, 11) is 4.19. The van der Waals surface area contributed by atoms with Gasteiger partial charge in [-0.05, 0) is 45.0 Å². The lowest BCUT2D eigenvalue weighted by molar-refractivity contribution is -0.138. The Hall–Kier alpha value is -3.37. The number of aromatic nitrogens is 1. The van der Waals surface area contributed by atoms with Crippen LogP contribution in [0.1, 0.15) is 35.8 Å². The highest BCUT2D eigenvalue weighted by Gasteiger charge is 2.48. The Balaban J connectivity index is 1.75. The normalized spacial score (nSPS) is 22.5. The van der Waals surface area contributed by atoms with Gasteiger partial charge in [0, 0.05) is 30.6 Å². The number of carbonyl (C=O) groups is 1. The van der Waals surface area contributed by atoms with Gasteiger partial charge in [-0.15, -0.1) is 0 Å². The van der Waals surface area contributed by atoms with E-state index in [9.17, 15) is 15.2 Å². The molecule has 164 valence electrons. The van der Waals surface area contributed by atoms with Crippen LogP contribution in [0.25, 0.3) is 22.2 Å². The summed E-state index contributed by atoms with van der Waals surface area (Å²) < 4.78 is 6.29. The number of carboxylic acid groups (broad SMARTS) is 1. The topological polar surface area (TPSA) is 93.6 Å². The van der Waals surface area contributed by atoms with Crippen molar-refractivity contribution in [1.82, 2.24) is 9.88 Å². The van der Waals surface area contributed by atoms with Crippen molar-refractivity contribution < 1.29 is 14.3 Å². The molecule has 1 saturated carbocycles. The summed E-state index contributed by atoms with van der Waals surface area (Å²) >= 11 is 0. The Labute approximate surface area is 186 Å². The molecule has 0 unspecified atom stereocenters. The van der Waals surface area contributed by atoms with Gasteiger partial charge < -0.3 is 19.3 Å². The number of fused-ring (bicyclic) bond motifs is 1. The van der Waals surface area contributed by atoms with Crippen molar-refractivity contribution >= 4 is 22.8 Å². The molecule has 0 radical (unpaired) electrons. The third-order valence-corrected chi connectivity index (χ3v) is 6.89.